The molecule has 3 atom stereocenters. The van der Waals surface area contributed by atoms with Gasteiger partial charge in [-0.1, -0.05) is 12.2 Å². The molecule has 2 aliphatic rings. The van der Waals surface area contributed by atoms with E-state index in [0.29, 0.717) is 5.92 Å². The number of aliphatic hydroxyl groups excluding tert-OH is 1. The minimum absolute atomic E-state index is 0.122. The highest BCUT2D eigenvalue weighted by atomic mass is 16.3. The van der Waals surface area contributed by atoms with Crippen LogP contribution in [-0.2, 0) is 0 Å². The van der Waals surface area contributed by atoms with E-state index in [1.807, 2.05) is 6.08 Å². The highest BCUT2D eigenvalue weighted by Gasteiger charge is 2.30. The molecular weight excluding hydrogens is 112 g/mol. The largest absolute Gasteiger partial charge is 0.389 e. The van der Waals surface area contributed by atoms with Crippen LogP contribution in [0.25, 0.3) is 0 Å². The number of allylic oxidation sites excluding steroid dienone is 1. The van der Waals surface area contributed by atoms with Gasteiger partial charge in [0.1, 0.15) is 0 Å². The van der Waals surface area contributed by atoms with E-state index in [2.05, 4.69) is 6.08 Å². The van der Waals surface area contributed by atoms with Gasteiger partial charge in [-0.25, -0.2) is 0 Å². The number of hydrogen-bond donors (Lipinski definition) is 1. The highest BCUT2D eigenvalue weighted by molar-refractivity contribution is 5.05. The van der Waals surface area contributed by atoms with E-state index >= 15 is 0 Å². The molecule has 50 valence electrons. The maximum atomic E-state index is 9.31. The van der Waals surface area contributed by atoms with Crippen LogP contribution in [0.5, 0.6) is 0 Å². The lowest BCUT2D eigenvalue weighted by Gasteiger charge is -2.17. The van der Waals surface area contributed by atoms with Crippen LogP contribution in [-0.4, -0.2) is 11.2 Å². The maximum Gasteiger partial charge on any atom is 0.0749 e. The van der Waals surface area contributed by atoms with Gasteiger partial charge in [0.05, 0.1) is 6.10 Å². The van der Waals surface area contributed by atoms with Crippen LogP contribution in [0.3, 0.4) is 0 Å². The van der Waals surface area contributed by atoms with Crippen molar-refractivity contribution in [3.05, 3.63) is 12.2 Å². The molecular formula is C8H12O. The first-order valence-corrected chi connectivity index (χ1v) is 3.72. The summed E-state index contributed by atoms with van der Waals surface area (Å²) in [7, 11) is 0. The summed E-state index contributed by atoms with van der Waals surface area (Å²) < 4.78 is 0. The first kappa shape index (κ1) is 5.48. The van der Waals surface area contributed by atoms with E-state index in [1.54, 1.807) is 0 Å². The van der Waals surface area contributed by atoms with Crippen LogP contribution < -0.4 is 0 Å². The van der Waals surface area contributed by atoms with Gasteiger partial charge < -0.3 is 5.11 Å². The molecule has 0 spiro atoms. The lowest BCUT2D eigenvalue weighted by atomic mass is 9.93. The first-order valence-electron chi connectivity index (χ1n) is 3.72. The third-order valence-corrected chi connectivity index (χ3v) is 2.58. The smallest absolute Gasteiger partial charge is 0.0749 e. The standard InChI is InChI=1S/C8H12O/c9-8-4-2-6-1-3-7(8)5-6/h2,4,6-9H,1,3,5H2/t6-,7+,8-/m1/s1. The van der Waals surface area contributed by atoms with Gasteiger partial charge in [-0.2, -0.15) is 0 Å². The second kappa shape index (κ2) is 1.84. The summed E-state index contributed by atoms with van der Waals surface area (Å²) in [5.74, 6) is 1.40. The number of rotatable bonds is 0. The molecule has 1 nitrogen and oxygen atoms in total. The average molecular weight is 124 g/mol. The number of hydrogen-bond acceptors (Lipinski definition) is 1. The molecule has 2 aliphatic carbocycles. The fourth-order valence-electron chi connectivity index (χ4n) is 1.97. The number of fused-ring (bicyclic) bond motifs is 2. The van der Waals surface area contributed by atoms with Gasteiger partial charge >= 0.3 is 0 Å². The normalized spacial score (nSPS) is 47.9. The summed E-state index contributed by atoms with van der Waals surface area (Å²) in [5.41, 5.74) is 0. The van der Waals surface area contributed by atoms with E-state index < -0.39 is 0 Å². The van der Waals surface area contributed by atoms with Gasteiger partial charge in [0.25, 0.3) is 0 Å². The molecule has 0 amide bonds. The molecule has 1 saturated carbocycles. The molecule has 0 heterocycles. The zero-order valence-corrected chi connectivity index (χ0v) is 5.46. The Bertz CT molecular complexity index is 140. The van der Waals surface area contributed by atoms with Gasteiger partial charge in [0.15, 0.2) is 0 Å². The molecule has 1 fully saturated rings. The molecule has 1 N–H and O–H groups in total. The van der Waals surface area contributed by atoms with Crippen LogP contribution in [0, 0.1) is 11.8 Å². The Kier molecular flexibility index (Phi) is 1.12. The van der Waals surface area contributed by atoms with Crippen molar-refractivity contribution in [3.8, 4) is 0 Å². The molecule has 0 aliphatic heterocycles. The summed E-state index contributed by atoms with van der Waals surface area (Å²) in [5, 5.41) is 9.31. The van der Waals surface area contributed by atoms with Crippen molar-refractivity contribution in [1.29, 1.82) is 0 Å². The van der Waals surface area contributed by atoms with Crippen LogP contribution >= 0.6 is 0 Å². The lowest BCUT2D eigenvalue weighted by Crippen LogP contribution is -2.17. The third kappa shape index (κ3) is 0.799. The van der Waals surface area contributed by atoms with Crippen molar-refractivity contribution in [1.82, 2.24) is 0 Å². The molecule has 0 aromatic carbocycles. The molecule has 9 heavy (non-hydrogen) atoms. The lowest BCUT2D eigenvalue weighted by molar-refractivity contribution is 0.149. The quantitative estimate of drug-likeness (QED) is 0.483. The Morgan fingerprint density at radius 3 is 2.89 bits per heavy atom. The van der Waals surface area contributed by atoms with Gasteiger partial charge in [-0.3, -0.25) is 0 Å². The zero-order chi connectivity index (χ0) is 6.27. The van der Waals surface area contributed by atoms with Crippen LogP contribution in [0.1, 0.15) is 19.3 Å². The highest BCUT2D eigenvalue weighted by Crippen LogP contribution is 2.37. The molecule has 1 heteroatoms. The van der Waals surface area contributed by atoms with Gasteiger partial charge in [-0.05, 0) is 31.1 Å². The van der Waals surface area contributed by atoms with Gasteiger partial charge in [0.2, 0.25) is 0 Å². The van der Waals surface area contributed by atoms with E-state index in [4.69, 9.17) is 0 Å². The molecule has 2 rings (SSSR count). The van der Waals surface area contributed by atoms with E-state index in [-0.39, 0.29) is 6.10 Å². The summed E-state index contributed by atoms with van der Waals surface area (Å²) in [6, 6.07) is 0. The Morgan fingerprint density at radius 1 is 1.22 bits per heavy atom. The monoisotopic (exact) mass is 124 g/mol. The number of aliphatic hydroxyl groups is 1. The summed E-state index contributed by atoms with van der Waals surface area (Å²) in [6.45, 7) is 0. The van der Waals surface area contributed by atoms with Crippen LogP contribution in [0.4, 0.5) is 0 Å². The van der Waals surface area contributed by atoms with E-state index in [9.17, 15) is 5.11 Å². The first-order chi connectivity index (χ1) is 4.36. The molecule has 0 saturated heterocycles. The zero-order valence-electron chi connectivity index (χ0n) is 5.46. The molecule has 0 unspecified atom stereocenters. The SMILES string of the molecule is O[C@@H]1C=C[C@H]2CC[C@H]1C2. The molecule has 2 bridgehead atoms. The van der Waals surface area contributed by atoms with Gasteiger partial charge in [0, 0.05) is 0 Å². The predicted octanol–water partition coefficient (Wildman–Crippen LogP) is 1.33. The van der Waals surface area contributed by atoms with Crippen molar-refractivity contribution in [2.24, 2.45) is 11.8 Å². The summed E-state index contributed by atoms with van der Waals surface area (Å²) in [6.07, 6.45) is 7.79. The third-order valence-electron chi connectivity index (χ3n) is 2.58. The van der Waals surface area contributed by atoms with Gasteiger partial charge in [-0.15, -0.1) is 0 Å². The summed E-state index contributed by atoms with van der Waals surface area (Å²) in [4.78, 5) is 0. The van der Waals surface area contributed by atoms with Crippen molar-refractivity contribution < 1.29 is 5.11 Å². The van der Waals surface area contributed by atoms with Crippen molar-refractivity contribution in [2.45, 2.75) is 25.4 Å². The fraction of sp³-hybridized carbons (Fsp3) is 0.750. The second-order valence-electron chi connectivity index (χ2n) is 3.21. The van der Waals surface area contributed by atoms with Crippen molar-refractivity contribution in [2.75, 3.05) is 0 Å². The maximum absolute atomic E-state index is 9.31. The summed E-state index contributed by atoms with van der Waals surface area (Å²) >= 11 is 0. The minimum atomic E-state index is -0.122. The Balaban J connectivity index is 2.19. The molecule has 0 aromatic heterocycles. The Labute approximate surface area is 55.4 Å². The van der Waals surface area contributed by atoms with Crippen LogP contribution in [0.2, 0.25) is 0 Å². The Hall–Kier alpha value is -0.300. The molecule has 0 radical (unpaired) electrons. The predicted molar refractivity (Wildman–Crippen MR) is 36.0 cm³/mol. The minimum Gasteiger partial charge on any atom is -0.389 e. The van der Waals surface area contributed by atoms with Crippen LogP contribution in [0.15, 0.2) is 12.2 Å². The van der Waals surface area contributed by atoms with Crippen molar-refractivity contribution in [3.63, 3.8) is 0 Å². The second-order valence-corrected chi connectivity index (χ2v) is 3.21. The molecule has 0 aromatic rings. The average Bonchev–Trinajstić information content (AvgIpc) is 2.25. The fourth-order valence-corrected chi connectivity index (χ4v) is 1.97. The van der Waals surface area contributed by atoms with E-state index in [0.717, 1.165) is 5.92 Å². The topological polar surface area (TPSA) is 20.2 Å². The Morgan fingerprint density at radius 2 is 2.11 bits per heavy atom. The van der Waals surface area contributed by atoms with Crippen molar-refractivity contribution >= 4 is 0 Å². The van der Waals surface area contributed by atoms with E-state index in [1.165, 1.54) is 19.3 Å².